The summed E-state index contributed by atoms with van der Waals surface area (Å²) in [6, 6.07) is 9.52. The third kappa shape index (κ3) is 4.74. The van der Waals surface area contributed by atoms with Gasteiger partial charge in [0.2, 0.25) is 5.95 Å². The molecule has 1 atom stereocenters. The van der Waals surface area contributed by atoms with E-state index < -0.39 is 15.5 Å². The van der Waals surface area contributed by atoms with Gasteiger partial charge < -0.3 is 10.2 Å². The van der Waals surface area contributed by atoms with Crippen molar-refractivity contribution in [3.8, 4) is 5.82 Å². The van der Waals surface area contributed by atoms with Crippen molar-refractivity contribution in [3.63, 3.8) is 0 Å². The van der Waals surface area contributed by atoms with Crippen LogP contribution in [0.15, 0.2) is 59.2 Å². The average molecular weight is 518 g/mol. The van der Waals surface area contributed by atoms with Gasteiger partial charge in [-0.3, -0.25) is 4.57 Å². The Bertz CT molecular complexity index is 1680. The second-order valence-corrected chi connectivity index (χ2v) is 12.6. The molecule has 1 aromatic carbocycles. The molecule has 0 bridgehead atoms. The predicted octanol–water partition coefficient (Wildman–Crippen LogP) is 5.09. The molecule has 2 aliphatic rings. The Balaban J connectivity index is 1.39. The number of anilines is 2. The maximum atomic E-state index is 14.8. The summed E-state index contributed by atoms with van der Waals surface area (Å²) in [5, 5.41) is 3.64. The zero-order valence-corrected chi connectivity index (χ0v) is 21.8. The largest absolute Gasteiger partial charge is 0.324 e. The van der Waals surface area contributed by atoms with Crippen molar-refractivity contribution in [3.05, 3.63) is 77.4 Å². The number of nitrogens with one attached hydrogen (secondary N) is 1. The summed E-state index contributed by atoms with van der Waals surface area (Å²) in [6.07, 6.45) is 12.6. The van der Waals surface area contributed by atoms with Gasteiger partial charge in [-0.15, -0.1) is 0 Å². The minimum Gasteiger partial charge on any atom is -0.324 e. The van der Waals surface area contributed by atoms with Crippen LogP contribution in [-0.4, -0.2) is 54.7 Å². The number of aryl methyl sites for hydroxylation is 1. The highest BCUT2D eigenvalue weighted by Crippen LogP contribution is 2.37. The van der Waals surface area contributed by atoms with Crippen LogP contribution in [0.1, 0.15) is 29.0 Å². The first-order valence-electron chi connectivity index (χ1n) is 12.2. The fourth-order valence-corrected chi connectivity index (χ4v) is 5.81. The lowest BCUT2D eigenvalue weighted by Crippen LogP contribution is -2.30. The minimum atomic E-state index is -2.39. The molecule has 1 aliphatic carbocycles. The van der Waals surface area contributed by atoms with Crippen LogP contribution in [0.5, 0.6) is 0 Å². The highest BCUT2D eigenvalue weighted by atomic mass is 32.2. The fourth-order valence-electron chi connectivity index (χ4n) is 5.26. The van der Waals surface area contributed by atoms with Crippen LogP contribution in [0, 0.1) is 5.82 Å². The molecule has 1 aliphatic heterocycles. The maximum Gasteiger partial charge on any atom is 0.229 e. The van der Waals surface area contributed by atoms with E-state index in [1.165, 1.54) is 29.1 Å². The Morgan fingerprint density at radius 1 is 1.19 bits per heavy atom. The molecule has 0 saturated heterocycles. The number of halogens is 1. The lowest BCUT2D eigenvalue weighted by Gasteiger charge is -2.32. The van der Waals surface area contributed by atoms with Crippen LogP contribution < -0.4 is 5.32 Å². The van der Waals surface area contributed by atoms with Crippen molar-refractivity contribution in [1.29, 1.82) is 0 Å². The third-order valence-electron chi connectivity index (χ3n) is 6.65. The van der Waals surface area contributed by atoms with Gasteiger partial charge in [-0.25, -0.2) is 18.6 Å². The predicted molar refractivity (Wildman–Crippen MR) is 145 cm³/mol. The monoisotopic (exact) mass is 517 g/mol. The summed E-state index contributed by atoms with van der Waals surface area (Å²) in [5.74, 6) is 1.09. The van der Waals surface area contributed by atoms with E-state index in [9.17, 15) is 8.60 Å². The Labute approximate surface area is 215 Å². The van der Waals surface area contributed by atoms with Gasteiger partial charge in [0.25, 0.3) is 0 Å². The number of allylic oxidation sites excluding steroid dienone is 1. The summed E-state index contributed by atoms with van der Waals surface area (Å²) in [7, 11) is -0.236. The number of pyridine rings is 1. The van der Waals surface area contributed by atoms with Gasteiger partial charge in [0.15, 0.2) is 17.3 Å². The number of likely N-dealkylation sites (N-methyl/N-ethyl adjacent to an activating group) is 1. The Hall–Kier alpha value is -3.63. The van der Waals surface area contributed by atoms with E-state index in [1.54, 1.807) is 35.3 Å². The summed E-state index contributed by atoms with van der Waals surface area (Å²) < 4.78 is 32.7. The molecule has 10 heteroatoms. The molecule has 8 nitrogen and oxygen atoms in total. The number of nitrogens with zero attached hydrogens (tertiary/aromatic N) is 6. The molecule has 1 N–H and O–H groups in total. The Morgan fingerprint density at radius 2 is 2.03 bits per heavy atom. The van der Waals surface area contributed by atoms with Crippen molar-refractivity contribution in [1.82, 2.24) is 24.4 Å². The first-order valence-corrected chi connectivity index (χ1v) is 14.5. The summed E-state index contributed by atoms with van der Waals surface area (Å²) in [6.45, 7) is 1.92. The molecule has 6 rings (SSSR count). The highest BCUT2D eigenvalue weighted by molar-refractivity contribution is 7.92. The molecule has 0 amide bonds. The number of hydrogen-bond donors (Lipinski definition) is 1. The minimum absolute atomic E-state index is 0.289. The Morgan fingerprint density at radius 3 is 2.86 bits per heavy atom. The number of benzene rings is 1. The highest BCUT2D eigenvalue weighted by Gasteiger charge is 2.26. The second-order valence-electron chi connectivity index (χ2n) is 10.0. The van der Waals surface area contributed by atoms with Crippen LogP contribution in [-0.2, 0) is 22.7 Å². The first kappa shape index (κ1) is 23.7. The van der Waals surface area contributed by atoms with E-state index in [2.05, 4.69) is 60.9 Å². The van der Waals surface area contributed by atoms with Gasteiger partial charge in [0.05, 0.1) is 5.39 Å². The normalized spacial score (nSPS) is 17.5. The zero-order chi connectivity index (χ0) is 25.7. The summed E-state index contributed by atoms with van der Waals surface area (Å²) in [5.41, 5.74) is 5.42. The first-order chi connectivity index (χ1) is 17.7. The van der Waals surface area contributed by atoms with Crippen molar-refractivity contribution < 1.29 is 8.60 Å². The van der Waals surface area contributed by atoms with Gasteiger partial charge >= 0.3 is 0 Å². The molecule has 37 heavy (non-hydrogen) atoms. The van der Waals surface area contributed by atoms with Gasteiger partial charge in [-0.1, -0.05) is 18.2 Å². The number of fused-ring (bicyclic) bond motifs is 1. The quantitative estimate of drug-likeness (QED) is 0.380. The third-order valence-corrected chi connectivity index (χ3v) is 7.28. The van der Waals surface area contributed by atoms with E-state index in [1.807, 2.05) is 0 Å². The zero-order valence-electron chi connectivity index (χ0n) is 21.0. The van der Waals surface area contributed by atoms with E-state index in [4.69, 9.17) is 0 Å². The summed E-state index contributed by atoms with van der Waals surface area (Å²) >= 11 is 0. The number of rotatable bonds is 4. The summed E-state index contributed by atoms with van der Waals surface area (Å²) in [4.78, 5) is 15.9. The molecule has 190 valence electrons. The molecule has 0 saturated carbocycles. The van der Waals surface area contributed by atoms with Crippen LogP contribution >= 0.6 is 0 Å². The van der Waals surface area contributed by atoms with Gasteiger partial charge in [-0.2, -0.15) is 9.35 Å². The number of aromatic nitrogens is 4. The molecule has 0 spiro atoms. The lowest BCUT2D eigenvalue weighted by atomic mass is 9.86. The van der Waals surface area contributed by atoms with E-state index in [-0.39, 0.29) is 5.39 Å². The van der Waals surface area contributed by atoms with Crippen LogP contribution in [0.2, 0.25) is 0 Å². The van der Waals surface area contributed by atoms with Crippen molar-refractivity contribution in [2.45, 2.75) is 25.3 Å². The lowest BCUT2D eigenvalue weighted by molar-refractivity contribution is 0.297. The molecule has 3 aromatic heterocycles. The van der Waals surface area contributed by atoms with Gasteiger partial charge in [-0.05, 0) is 60.8 Å². The number of hydrogen-bond acceptors (Lipinski definition) is 7. The maximum absolute atomic E-state index is 14.8. The van der Waals surface area contributed by atoms with E-state index >= 15 is 0 Å². The van der Waals surface area contributed by atoms with Crippen LogP contribution in [0.25, 0.3) is 16.9 Å². The van der Waals surface area contributed by atoms with Crippen molar-refractivity contribution in [2.24, 2.45) is 4.36 Å². The SMILES string of the molecule is CN1Cc2cc(Nc3ncc4c(F)cn(-c5cccc(N=S(C)(C)=O)n5)c4n3)cc3c2C(C=CCC3)C1. The second kappa shape index (κ2) is 9.04. The van der Waals surface area contributed by atoms with Gasteiger partial charge in [0, 0.05) is 59.3 Å². The van der Waals surface area contributed by atoms with Crippen molar-refractivity contribution >= 4 is 38.2 Å². The molecule has 4 heterocycles. The molecule has 0 radical (unpaired) electrons. The van der Waals surface area contributed by atoms with E-state index in [0.29, 0.717) is 29.1 Å². The topological polar surface area (TPSA) is 88.3 Å². The van der Waals surface area contributed by atoms with Crippen molar-refractivity contribution in [2.75, 3.05) is 31.4 Å². The fraction of sp³-hybridized carbons (Fsp3) is 0.296. The molecular weight excluding hydrogens is 489 g/mol. The average Bonchev–Trinajstić information content (AvgIpc) is 3.01. The molecule has 4 aromatic rings. The van der Waals surface area contributed by atoms with Gasteiger partial charge in [0.1, 0.15) is 5.82 Å². The van der Waals surface area contributed by atoms with E-state index in [0.717, 1.165) is 31.6 Å². The molecular formula is C27H28FN7OS. The molecule has 0 fully saturated rings. The molecule has 1 unspecified atom stereocenters. The standard InChI is InChI=1S/C27H28FN7OS/c1-34-14-18-8-5-4-7-17-11-20(12-19(15-34)25(17)18)30-27-29-13-21-22(28)16-35(26(21)32-27)24-10-6-9-23(31-24)33-37(2,3)36/h5-6,8-13,16,18H,4,7,14-15H2,1-3H3,(H,29,30,32). The van der Waals surface area contributed by atoms with Crippen LogP contribution in [0.4, 0.5) is 21.8 Å². The Kier molecular flexibility index (Phi) is 5.80. The smallest absolute Gasteiger partial charge is 0.229 e. The van der Waals surface area contributed by atoms with Crippen LogP contribution in [0.3, 0.4) is 0 Å².